The van der Waals surface area contributed by atoms with E-state index in [0.29, 0.717) is 6.42 Å². The Labute approximate surface area is 312 Å². The predicted molar refractivity (Wildman–Crippen MR) is 221 cm³/mol. The summed E-state index contributed by atoms with van der Waals surface area (Å²) < 4.78 is 0. The van der Waals surface area contributed by atoms with Gasteiger partial charge in [-0.15, -0.1) is 0 Å². The van der Waals surface area contributed by atoms with E-state index in [1.807, 2.05) is 6.08 Å². The zero-order chi connectivity index (χ0) is 36.4. The van der Waals surface area contributed by atoms with Crippen LogP contribution < -0.4 is 5.32 Å². The molecule has 0 aliphatic carbocycles. The van der Waals surface area contributed by atoms with Gasteiger partial charge in [0.2, 0.25) is 5.91 Å². The number of unbranched alkanes of at least 4 members (excludes halogenated alkanes) is 29. The number of rotatable bonds is 40. The molecule has 0 aliphatic rings. The minimum absolute atomic E-state index is 0.0748. The van der Waals surface area contributed by atoms with Gasteiger partial charge in [0.25, 0.3) is 0 Å². The summed E-state index contributed by atoms with van der Waals surface area (Å²) in [6.07, 6.45) is 55.6. The second-order valence-electron chi connectivity index (χ2n) is 15.1. The van der Waals surface area contributed by atoms with Crippen molar-refractivity contribution in [3.05, 3.63) is 36.5 Å². The number of hydrogen-bond donors (Lipinski definition) is 3. The van der Waals surface area contributed by atoms with Crippen molar-refractivity contribution in [3.8, 4) is 0 Å². The van der Waals surface area contributed by atoms with Gasteiger partial charge in [-0.2, -0.15) is 0 Å². The van der Waals surface area contributed by atoms with E-state index in [2.05, 4.69) is 43.5 Å². The van der Waals surface area contributed by atoms with E-state index < -0.39 is 12.1 Å². The van der Waals surface area contributed by atoms with Gasteiger partial charge in [0.1, 0.15) is 0 Å². The van der Waals surface area contributed by atoms with Gasteiger partial charge in [-0.1, -0.05) is 204 Å². The number of nitrogens with one attached hydrogen (secondary N) is 1. The average molecular weight is 702 g/mol. The number of carbonyl (C=O) groups excluding carboxylic acids is 1. The first kappa shape index (κ1) is 48.6. The Morgan fingerprint density at radius 3 is 1.20 bits per heavy atom. The number of hydrogen-bond acceptors (Lipinski definition) is 3. The van der Waals surface area contributed by atoms with Gasteiger partial charge in [-0.05, 0) is 57.8 Å². The van der Waals surface area contributed by atoms with Crippen LogP contribution in [-0.2, 0) is 4.79 Å². The van der Waals surface area contributed by atoms with Crippen molar-refractivity contribution in [1.82, 2.24) is 5.32 Å². The van der Waals surface area contributed by atoms with Crippen molar-refractivity contribution in [2.75, 3.05) is 6.61 Å². The van der Waals surface area contributed by atoms with Crippen LogP contribution in [0.15, 0.2) is 36.5 Å². The molecule has 0 radical (unpaired) electrons. The summed E-state index contributed by atoms with van der Waals surface area (Å²) in [5.74, 6) is -0.0748. The van der Waals surface area contributed by atoms with E-state index >= 15 is 0 Å². The molecule has 0 spiro atoms. The molecule has 2 atom stereocenters. The third-order valence-corrected chi connectivity index (χ3v) is 10.1. The largest absolute Gasteiger partial charge is 0.394 e. The lowest BCUT2D eigenvalue weighted by Crippen LogP contribution is -2.45. The third kappa shape index (κ3) is 37.9. The predicted octanol–water partition coefficient (Wildman–Crippen LogP) is 13.8. The van der Waals surface area contributed by atoms with Crippen molar-refractivity contribution in [2.45, 2.75) is 244 Å². The number of carbonyl (C=O) groups is 1. The summed E-state index contributed by atoms with van der Waals surface area (Å²) in [6.45, 7) is 4.25. The summed E-state index contributed by atoms with van der Waals surface area (Å²) in [4.78, 5) is 12.3. The lowest BCUT2D eigenvalue weighted by atomic mass is 10.0. The fourth-order valence-electron chi connectivity index (χ4n) is 6.66. The van der Waals surface area contributed by atoms with Crippen LogP contribution in [0.25, 0.3) is 0 Å². The number of aliphatic hydroxyl groups is 2. The SMILES string of the molecule is CCCCC/C=C/CC/C=C/C(O)C(CO)NC(=O)CCCCCCCCCCCCCCCCCCC/C=C\CCCCCCCCCC. The molecular weight excluding hydrogens is 615 g/mol. The maximum atomic E-state index is 12.3. The van der Waals surface area contributed by atoms with Gasteiger partial charge in [0, 0.05) is 6.42 Å². The number of aliphatic hydroxyl groups excluding tert-OH is 2. The molecule has 0 saturated carbocycles. The van der Waals surface area contributed by atoms with Crippen LogP contribution in [0.3, 0.4) is 0 Å². The van der Waals surface area contributed by atoms with Crippen molar-refractivity contribution < 1.29 is 15.0 Å². The molecule has 294 valence electrons. The summed E-state index contributed by atoms with van der Waals surface area (Å²) in [5.41, 5.74) is 0. The highest BCUT2D eigenvalue weighted by molar-refractivity contribution is 5.76. The number of amides is 1. The Kier molecular flexibility index (Phi) is 40.9. The zero-order valence-corrected chi connectivity index (χ0v) is 33.7. The van der Waals surface area contributed by atoms with Crippen LogP contribution in [-0.4, -0.2) is 34.9 Å². The lowest BCUT2D eigenvalue weighted by Gasteiger charge is -2.19. The highest BCUT2D eigenvalue weighted by Crippen LogP contribution is 2.15. The summed E-state index contributed by atoms with van der Waals surface area (Å²) in [5, 5.41) is 22.8. The van der Waals surface area contributed by atoms with Crippen LogP contribution >= 0.6 is 0 Å². The second-order valence-corrected chi connectivity index (χ2v) is 15.1. The molecule has 0 aromatic carbocycles. The minimum Gasteiger partial charge on any atom is -0.394 e. The maximum Gasteiger partial charge on any atom is 0.220 e. The fourth-order valence-corrected chi connectivity index (χ4v) is 6.66. The quantitative estimate of drug-likeness (QED) is 0.0440. The Hall–Kier alpha value is -1.39. The molecule has 1 amide bonds. The van der Waals surface area contributed by atoms with Crippen LogP contribution in [0.4, 0.5) is 0 Å². The van der Waals surface area contributed by atoms with Crippen LogP contribution in [0.5, 0.6) is 0 Å². The van der Waals surface area contributed by atoms with E-state index in [1.54, 1.807) is 6.08 Å². The summed E-state index contributed by atoms with van der Waals surface area (Å²) >= 11 is 0. The Morgan fingerprint density at radius 2 is 0.780 bits per heavy atom. The standard InChI is InChI=1S/C46H87NO3/c1-3-5-7-9-11-13-14-15-16-17-18-19-20-21-22-23-24-25-26-27-28-29-30-31-32-34-36-38-40-42-46(50)47-44(43-48)45(49)41-39-37-35-33-12-10-8-6-4-2/h12,17-18,33,39,41,44-45,48-49H,3-11,13-16,19-32,34-38,40,42-43H2,1-2H3,(H,47,50)/b18-17-,33-12+,41-39+. The second kappa shape index (κ2) is 42.0. The zero-order valence-electron chi connectivity index (χ0n) is 33.7. The molecule has 0 heterocycles. The van der Waals surface area contributed by atoms with Crippen LogP contribution in [0.2, 0.25) is 0 Å². The third-order valence-electron chi connectivity index (χ3n) is 10.1. The topological polar surface area (TPSA) is 69.6 Å². The molecule has 4 nitrogen and oxygen atoms in total. The van der Waals surface area contributed by atoms with E-state index in [0.717, 1.165) is 32.1 Å². The van der Waals surface area contributed by atoms with E-state index in [9.17, 15) is 15.0 Å². The first-order chi connectivity index (χ1) is 24.7. The Balaban J connectivity index is 3.43. The molecule has 0 fully saturated rings. The molecular formula is C46H87NO3. The first-order valence-corrected chi connectivity index (χ1v) is 22.2. The minimum atomic E-state index is -0.857. The fraction of sp³-hybridized carbons (Fsp3) is 0.848. The normalized spacial score (nSPS) is 13.3. The van der Waals surface area contributed by atoms with Crippen molar-refractivity contribution >= 4 is 5.91 Å². The molecule has 2 unspecified atom stereocenters. The van der Waals surface area contributed by atoms with Gasteiger partial charge in [0.15, 0.2) is 0 Å². The molecule has 0 aromatic rings. The Morgan fingerprint density at radius 1 is 0.460 bits per heavy atom. The monoisotopic (exact) mass is 702 g/mol. The number of allylic oxidation sites excluding steroid dienone is 5. The molecule has 0 aromatic heterocycles. The highest BCUT2D eigenvalue weighted by Gasteiger charge is 2.17. The van der Waals surface area contributed by atoms with Crippen molar-refractivity contribution in [2.24, 2.45) is 0 Å². The molecule has 0 aliphatic heterocycles. The molecule has 3 N–H and O–H groups in total. The van der Waals surface area contributed by atoms with E-state index in [4.69, 9.17) is 0 Å². The van der Waals surface area contributed by atoms with Gasteiger partial charge >= 0.3 is 0 Å². The molecule has 50 heavy (non-hydrogen) atoms. The summed E-state index contributed by atoms with van der Waals surface area (Å²) in [6, 6.07) is -0.634. The van der Waals surface area contributed by atoms with Gasteiger partial charge in [0.05, 0.1) is 18.8 Å². The lowest BCUT2D eigenvalue weighted by molar-refractivity contribution is -0.123. The smallest absolute Gasteiger partial charge is 0.220 e. The average Bonchev–Trinajstić information content (AvgIpc) is 3.12. The van der Waals surface area contributed by atoms with Gasteiger partial charge < -0.3 is 15.5 Å². The van der Waals surface area contributed by atoms with Gasteiger partial charge in [-0.25, -0.2) is 0 Å². The molecule has 0 rings (SSSR count). The van der Waals surface area contributed by atoms with Gasteiger partial charge in [-0.3, -0.25) is 4.79 Å². The maximum absolute atomic E-state index is 12.3. The summed E-state index contributed by atoms with van der Waals surface area (Å²) in [7, 11) is 0. The first-order valence-electron chi connectivity index (χ1n) is 22.2. The van der Waals surface area contributed by atoms with Crippen molar-refractivity contribution in [3.63, 3.8) is 0 Å². The van der Waals surface area contributed by atoms with Crippen LogP contribution in [0, 0.1) is 0 Å². The van der Waals surface area contributed by atoms with Crippen molar-refractivity contribution in [1.29, 1.82) is 0 Å². The Bertz CT molecular complexity index is 760. The van der Waals surface area contributed by atoms with E-state index in [1.165, 1.54) is 180 Å². The van der Waals surface area contributed by atoms with E-state index in [-0.39, 0.29) is 12.5 Å². The van der Waals surface area contributed by atoms with Crippen LogP contribution in [0.1, 0.15) is 232 Å². The highest BCUT2D eigenvalue weighted by atomic mass is 16.3. The molecule has 4 heteroatoms. The molecule has 0 saturated heterocycles. The molecule has 0 bridgehead atoms.